The van der Waals surface area contributed by atoms with E-state index in [4.69, 9.17) is 20.6 Å². The van der Waals surface area contributed by atoms with Crippen LogP contribution >= 0.6 is 0 Å². The summed E-state index contributed by atoms with van der Waals surface area (Å²) in [6, 6.07) is 4.39. The van der Waals surface area contributed by atoms with Crippen LogP contribution in [0.1, 0.15) is 5.56 Å². The minimum Gasteiger partial charge on any atom is -0.508 e. The molecule has 0 heterocycles. The van der Waals surface area contributed by atoms with E-state index in [2.05, 4.69) is 0 Å². The Morgan fingerprint density at radius 2 is 1.80 bits per heavy atom. The van der Waals surface area contributed by atoms with E-state index in [1.54, 1.807) is 0 Å². The maximum atomic E-state index is 10.6. The lowest BCUT2D eigenvalue weighted by molar-refractivity contribution is -0.327. The van der Waals surface area contributed by atoms with Crippen molar-refractivity contribution in [3.05, 3.63) is 29.8 Å². The van der Waals surface area contributed by atoms with Crippen LogP contribution in [0.3, 0.4) is 0 Å². The van der Waals surface area contributed by atoms with Crippen molar-refractivity contribution >= 4 is 5.97 Å². The largest absolute Gasteiger partial charge is 0.508 e. The van der Waals surface area contributed by atoms with Gasteiger partial charge < -0.3 is 10.2 Å². The number of benzene rings is 1. The molecule has 0 aliphatic carbocycles. The number of phenolic OH excluding ortho intramolecular Hbond substituents is 1. The number of aliphatic carboxylic acids is 1. The third-order valence-corrected chi connectivity index (χ3v) is 1.93. The first-order valence-electron chi connectivity index (χ1n) is 4.18. The van der Waals surface area contributed by atoms with Crippen LogP contribution in [0.15, 0.2) is 24.3 Å². The molecule has 6 nitrogen and oxygen atoms in total. The first-order chi connectivity index (χ1) is 7.00. The van der Waals surface area contributed by atoms with Crippen molar-refractivity contribution in [1.82, 2.24) is 5.23 Å². The van der Waals surface area contributed by atoms with Gasteiger partial charge in [0, 0.05) is 6.42 Å². The molecule has 0 saturated carbocycles. The van der Waals surface area contributed by atoms with Gasteiger partial charge >= 0.3 is 5.97 Å². The summed E-state index contributed by atoms with van der Waals surface area (Å²) in [5.74, 6) is -1.27. The number of hydrogen-bond donors (Lipinski definition) is 4. The number of nitrogens with zero attached hydrogens (tertiary/aromatic N) is 1. The molecule has 1 atom stereocenters. The number of hydroxylamine groups is 2. The van der Waals surface area contributed by atoms with Gasteiger partial charge in [-0.2, -0.15) is 0 Å². The third-order valence-electron chi connectivity index (χ3n) is 1.93. The van der Waals surface area contributed by atoms with Crippen molar-refractivity contribution in [3.63, 3.8) is 0 Å². The van der Waals surface area contributed by atoms with E-state index in [1.165, 1.54) is 24.3 Å². The van der Waals surface area contributed by atoms with Gasteiger partial charge in [0.2, 0.25) is 0 Å². The molecular formula is C9H11NO5. The van der Waals surface area contributed by atoms with Crippen LogP contribution in [0.4, 0.5) is 0 Å². The molecule has 0 fully saturated rings. The number of carboxylic acid groups (broad SMARTS) is 1. The van der Waals surface area contributed by atoms with Crippen LogP contribution in [-0.4, -0.2) is 37.9 Å². The minimum atomic E-state index is -1.42. The lowest BCUT2D eigenvalue weighted by Crippen LogP contribution is -2.38. The number of carboxylic acids is 1. The van der Waals surface area contributed by atoms with Gasteiger partial charge in [0.15, 0.2) is 6.04 Å². The zero-order chi connectivity index (χ0) is 11.4. The number of phenols is 1. The summed E-state index contributed by atoms with van der Waals surface area (Å²) in [6.07, 6.45) is -0.0669. The van der Waals surface area contributed by atoms with E-state index in [0.717, 1.165) is 0 Å². The molecular weight excluding hydrogens is 202 g/mol. The van der Waals surface area contributed by atoms with E-state index in [9.17, 15) is 4.79 Å². The average Bonchev–Trinajstić information content (AvgIpc) is 2.15. The van der Waals surface area contributed by atoms with Crippen molar-refractivity contribution in [2.75, 3.05) is 0 Å². The fourth-order valence-corrected chi connectivity index (χ4v) is 1.12. The van der Waals surface area contributed by atoms with Gasteiger partial charge in [0.05, 0.1) is 0 Å². The van der Waals surface area contributed by atoms with Crippen LogP contribution in [0.2, 0.25) is 0 Å². The molecule has 1 rings (SSSR count). The van der Waals surface area contributed by atoms with E-state index in [1.807, 2.05) is 0 Å². The van der Waals surface area contributed by atoms with Gasteiger partial charge in [-0.05, 0) is 17.7 Å². The van der Waals surface area contributed by atoms with Crippen molar-refractivity contribution in [3.8, 4) is 5.75 Å². The first-order valence-corrected chi connectivity index (χ1v) is 4.18. The Bertz CT molecular complexity index is 335. The minimum absolute atomic E-state index is 0.0653. The number of rotatable bonds is 4. The maximum absolute atomic E-state index is 10.6. The summed E-state index contributed by atoms with van der Waals surface area (Å²) < 4.78 is 0. The molecule has 1 aromatic rings. The molecule has 82 valence electrons. The van der Waals surface area contributed by atoms with Gasteiger partial charge in [-0.25, -0.2) is 0 Å². The summed E-state index contributed by atoms with van der Waals surface area (Å²) in [7, 11) is 0. The fraction of sp³-hybridized carbons (Fsp3) is 0.222. The SMILES string of the molecule is O=C(O)[C@H](Cc1ccc(O)cc1)N(O)O. The molecule has 15 heavy (non-hydrogen) atoms. The highest BCUT2D eigenvalue weighted by molar-refractivity contribution is 5.73. The molecule has 0 saturated heterocycles. The molecule has 0 aromatic heterocycles. The lowest BCUT2D eigenvalue weighted by atomic mass is 10.1. The van der Waals surface area contributed by atoms with Crippen LogP contribution in [0, 0.1) is 0 Å². The molecule has 0 spiro atoms. The van der Waals surface area contributed by atoms with Crippen LogP contribution in [-0.2, 0) is 11.2 Å². The Hall–Kier alpha value is -1.63. The van der Waals surface area contributed by atoms with Gasteiger partial charge in [0.25, 0.3) is 0 Å². The molecule has 0 aliphatic heterocycles. The smallest absolute Gasteiger partial charge is 0.326 e. The standard InChI is InChI=1S/C9H11NO5/c11-7-3-1-6(2-4-7)5-8(9(12)13)10(14)15/h1-4,8,11,14-15H,5H2,(H,12,13)/t8-/m0/s1. The van der Waals surface area contributed by atoms with E-state index < -0.39 is 12.0 Å². The maximum Gasteiger partial charge on any atom is 0.326 e. The molecule has 0 aliphatic rings. The Labute approximate surface area is 85.5 Å². The molecule has 0 radical (unpaired) electrons. The second-order valence-corrected chi connectivity index (χ2v) is 3.04. The Kier molecular flexibility index (Phi) is 3.62. The second-order valence-electron chi connectivity index (χ2n) is 3.04. The number of carbonyl (C=O) groups is 1. The van der Waals surface area contributed by atoms with E-state index >= 15 is 0 Å². The van der Waals surface area contributed by atoms with E-state index in [0.29, 0.717) is 5.56 Å². The predicted octanol–water partition coefficient (Wildman–Crippen LogP) is 0.468. The normalized spacial score (nSPS) is 12.7. The summed E-state index contributed by atoms with van der Waals surface area (Å²) in [4.78, 5) is 10.6. The van der Waals surface area contributed by atoms with Crippen LogP contribution < -0.4 is 0 Å². The van der Waals surface area contributed by atoms with Crippen molar-refractivity contribution < 1.29 is 25.4 Å². The van der Waals surface area contributed by atoms with Gasteiger partial charge in [0.1, 0.15) is 5.75 Å². The molecule has 0 bridgehead atoms. The molecule has 0 amide bonds. The topological polar surface area (TPSA) is 101 Å². The van der Waals surface area contributed by atoms with Gasteiger partial charge in [-0.15, -0.1) is 0 Å². The van der Waals surface area contributed by atoms with Gasteiger partial charge in [-0.3, -0.25) is 15.2 Å². The predicted molar refractivity (Wildman–Crippen MR) is 48.6 cm³/mol. The Morgan fingerprint density at radius 1 is 1.27 bits per heavy atom. The zero-order valence-corrected chi connectivity index (χ0v) is 7.74. The fourth-order valence-electron chi connectivity index (χ4n) is 1.12. The van der Waals surface area contributed by atoms with Crippen LogP contribution in [0.25, 0.3) is 0 Å². The van der Waals surface area contributed by atoms with E-state index in [-0.39, 0.29) is 17.4 Å². The monoisotopic (exact) mass is 213 g/mol. The summed E-state index contributed by atoms with van der Waals surface area (Å²) in [5, 5.41) is 34.6. The zero-order valence-electron chi connectivity index (χ0n) is 7.74. The Morgan fingerprint density at radius 3 is 2.20 bits per heavy atom. The third kappa shape index (κ3) is 3.21. The molecule has 6 heteroatoms. The first kappa shape index (κ1) is 11.4. The van der Waals surface area contributed by atoms with Crippen molar-refractivity contribution in [2.24, 2.45) is 0 Å². The summed E-state index contributed by atoms with van der Waals surface area (Å²) in [6.45, 7) is 0. The lowest BCUT2D eigenvalue weighted by Gasteiger charge is -2.15. The van der Waals surface area contributed by atoms with Crippen LogP contribution in [0.5, 0.6) is 5.75 Å². The molecule has 1 aromatic carbocycles. The highest BCUT2D eigenvalue weighted by atomic mass is 16.8. The highest BCUT2D eigenvalue weighted by Crippen LogP contribution is 2.12. The van der Waals surface area contributed by atoms with Gasteiger partial charge in [-0.1, -0.05) is 17.4 Å². The molecule has 4 N–H and O–H groups in total. The molecule has 0 unspecified atom stereocenters. The number of aromatic hydroxyl groups is 1. The van der Waals surface area contributed by atoms with Crippen molar-refractivity contribution in [1.29, 1.82) is 0 Å². The van der Waals surface area contributed by atoms with Crippen molar-refractivity contribution in [2.45, 2.75) is 12.5 Å². The Balaban J connectivity index is 2.74. The quantitative estimate of drug-likeness (QED) is 0.542. The summed E-state index contributed by atoms with van der Waals surface area (Å²) >= 11 is 0. The average molecular weight is 213 g/mol. The second kappa shape index (κ2) is 4.74. The number of hydrogen-bond acceptors (Lipinski definition) is 5. The highest BCUT2D eigenvalue weighted by Gasteiger charge is 2.23. The summed E-state index contributed by atoms with van der Waals surface area (Å²) in [5.41, 5.74) is 0.577.